The second kappa shape index (κ2) is 8.19. The molecule has 0 saturated carbocycles. The summed E-state index contributed by atoms with van der Waals surface area (Å²) in [6, 6.07) is 8.88. The van der Waals surface area contributed by atoms with Crippen LogP contribution in [-0.2, 0) is 16.2 Å². The Kier molecular flexibility index (Phi) is 5.99. The van der Waals surface area contributed by atoms with Gasteiger partial charge in [0.05, 0.1) is 4.90 Å². The fraction of sp³-hybridized carbons (Fsp3) is 0.389. The number of nitrogens with one attached hydrogen (secondary N) is 1. The summed E-state index contributed by atoms with van der Waals surface area (Å²) in [7, 11) is -3.56. The molecular weight excluding hydrogens is 421 g/mol. The van der Waals surface area contributed by atoms with Crippen LogP contribution in [0.25, 0.3) is 5.65 Å². The van der Waals surface area contributed by atoms with Crippen LogP contribution < -0.4 is 5.32 Å². The van der Waals surface area contributed by atoms with Crippen molar-refractivity contribution >= 4 is 21.5 Å². The van der Waals surface area contributed by atoms with E-state index in [1.54, 1.807) is 32.9 Å². The Morgan fingerprint density at radius 2 is 1.70 bits per heavy atom. The van der Waals surface area contributed by atoms with Crippen molar-refractivity contribution < 1.29 is 21.6 Å². The third kappa shape index (κ3) is 4.24. The second-order valence-electron chi connectivity index (χ2n) is 6.53. The van der Waals surface area contributed by atoms with Crippen LogP contribution in [0.2, 0.25) is 0 Å². The Hall–Kier alpha value is -2.73. The number of hydrogen-bond donors (Lipinski definition) is 1. The molecule has 0 fully saturated rings. The number of sulfonamides is 1. The minimum absolute atomic E-state index is 0.0218. The van der Waals surface area contributed by atoms with Crippen molar-refractivity contribution in [1.29, 1.82) is 0 Å². The molecule has 8 nitrogen and oxygen atoms in total. The lowest BCUT2D eigenvalue weighted by molar-refractivity contribution is -0.146. The molecule has 0 aliphatic carbocycles. The standard InChI is InChI=1S/C18H21F3N6O2S/c1-4-26(5-2)30(28,29)14-8-6-13(7-9-14)12(3)22-15-10-11-16-23-24-17(18(19,20)21)27(16)25-15/h6-12H,4-5H2,1-3H3,(H,22,25). The van der Waals surface area contributed by atoms with Crippen molar-refractivity contribution in [2.75, 3.05) is 18.4 Å². The first-order chi connectivity index (χ1) is 14.1. The highest BCUT2D eigenvalue weighted by Crippen LogP contribution is 2.28. The van der Waals surface area contributed by atoms with E-state index in [2.05, 4.69) is 20.6 Å². The topological polar surface area (TPSA) is 92.5 Å². The number of benzene rings is 1. The summed E-state index contributed by atoms with van der Waals surface area (Å²) in [6.45, 7) is 6.07. The van der Waals surface area contributed by atoms with Gasteiger partial charge < -0.3 is 5.32 Å². The highest BCUT2D eigenvalue weighted by molar-refractivity contribution is 7.89. The molecule has 1 N–H and O–H groups in total. The number of rotatable bonds is 7. The maximum Gasteiger partial charge on any atom is 0.453 e. The molecule has 2 heterocycles. The van der Waals surface area contributed by atoms with Crippen LogP contribution >= 0.6 is 0 Å². The van der Waals surface area contributed by atoms with Crippen LogP contribution in [0.3, 0.4) is 0 Å². The molecule has 3 rings (SSSR count). The van der Waals surface area contributed by atoms with Crippen LogP contribution in [0, 0.1) is 0 Å². The molecule has 1 aromatic carbocycles. The zero-order valence-corrected chi connectivity index (χ0v) is 17.4. The quantitative estimate of drug-likeness (QED) is 0.603. The summed E-state index contributed by atoms with van der Waals surface area (Å²) in [5, 5.41) is 13.5. The molecule has 1 atom stereocenters. The van der Waals surface area contributed by atoms with Gasteiger partial charge in [0.2, 0.25) is 10.0 Å². The minimum atomic E-state index is -4.68. The molecule has 0 aliphatic rings. The largest absolute Gasteiger partial charge is 0.453 e. The first-order valence-electron chi connectivity index (χ1n) is 9.24. The number of nitrogens with zero attached hydrogens (tertiary/aromatic N) is 5. The number of alkyl halides is 3. The summed E-state index contributed by atoms with van der Waals surface area (Å²) in [6.07, 6.45) is -4.68. The molecule has 162 valence electrons. The second-order valence-corrected chi connectivity index (χ2v) is 8.47. The third-order valence-electron chi connectivity index (χ3n) is 4.60. The highest BCUT2D eigenvalue weighted by atomic mass is 32.2. The van der Waals surface area contributed by atoms with E-state index in [-0.39, 0.29) is 22.4 Å². The fourth-order valence-electron chi connectivity index (χ4n) is 2.99. The van der Waals surface area contributed by atoms with Gasteiger partial charge in [0, 0.05) is 19.1 Å². The maximum atomic E-state index is 13.0. The summed E-state index contributed by atoms with van der Waals surface area (Å²) >= 11 is 0. The van der Waals surface area contributed by atoms with E-state index in [0.29, 0.717) is 17.6 Å². The zero-order chi connectivity index (χ0) is 22.1. The van der Waals surface area contributed by atoms with Crippen molar-refractivity contribution in [2.45, 2.75) is 37.9 Å². The molecule has 2 aromatic heterocycles. The third-order valence-corrected chi connectivity index (χ3v) is 6.67. The van der Waals surface area contributed by atoms with Gasteiger partial charge >= 0.3 is 6.18 Å². The van der Waals surface area contributed by atoms with Gasteiger partial charge in [-0.25, -0.2) is 8.42 Å². The molecule has 0 saturated heterocycles. The Morgan fingerprint density at radius 1 is 1.07 bits per heavy atom. The zero-order valence-electron chi connectivity index (χ0n) is 16.6. The van der Waals surface area contributed by atoms with Gasteiger partial charge in [-0.15, -0.1) is 15.3 Å². The predicted octanol–water partition coefficient (Wildman–Crippen LogP) is 3.35. The lowest BCUT2D eigenvalue weighted by Gasteiger charge is -2.19. The van der Waals surface area contributed by atoms with Crippen LogP contribution in [0.1, 0.15) is 38.2 Å². The van der Waals surface area contributed by atoms with E-state index in [1.807, 2.05) is 0 Å². The lowest BCUT2D eigenvalue weighted by Crippen LogP contribution is -2.30. The number of fused-ring (bicyclic) bond motifs is 1. The average molecular weight is 442 g/mol. The normalized spacial score (nSPS) is 13.7. The van der Waals surface area contributed by atoms with Crippen molar-refractivity contribution in [3.05, 3.63) is 47.8 Å². The monoisotopic (exact) mass is 442 g/mol. The predicted molar refractivity (Wildman–Crippen MR) is 104 cm³/mol. The molecule has 0 aliphatic heterocycles. The van der Waals surface area contributed by atoms with E-state index < -0.39 is 22.0 Å². The molecule has 0 bridgehead atoms. The SMILES string of the molecule is CCN(CC)S(=O)(=O)c1ccc(C(C)Nc2ccc3nnc(C(F)(F)F)n3n2)cc1. The van der Waals surface area contributed by atoms with Gasteiger partial charge in [0.15, 0.2) is 5.65 Å². The first-order valence-corrected chi connectivity index (χ1v) is 10.7. The molecule has 1 unspecified atom stereocenters. The molecule has 30 heavy (non-hydrogen) atoms. The molecule has 0 spiro atoms. The highest BCUT2D eigenvalue weighted by Gasteiger charge is 2.37. The van der Waals surface area contributed by atoms with E-state index in [0.717, 1.165) is 5.56 Å². The van der Waals surface area contributed by atoms with E-state index >= 15 is 0 Å². The number of hydrogen-bond acceptors (Lipinski definition) is 6. The van der Waals surface area contributed by atoms with Gasteiger partial charge in [0.25, 0.3) is 5.82 Å². The van der Waals surface area contributed by atoms with Crippen molar-refractivity contribution in [2.24, 2.45) is 0 Å². The summed E-state index contributed by atoms with van der Waals surface area (Å²) in [5.41, 5.74) is 0.724. The molecule has 0 radical (unpaired) electrons. The smallest absolute Gasteiger partial charge is 0.362 e. The van der Waals surface area contributed by atoms with Gasteiger partial charge in [-0.05, 0) is 36.8 Å². The van der Waals surface area contributed by atoms with Crippen LogP contribution in [0.15, 0.2) is 41.3 Å². The lowest BCUT2D eigenvalue weighted by atomic mass is 10.1. The fourth-order valence-corrected chi connectivity index (χ4v) is 4.45. The van der Waals surface area contributed by atoms with Gasteiger partial charge in [-0.3, -0.25) is 0 Å². The van der Waals surface area contributed by atoms with Crippen LogP contribution in [0.4, 0.5) is 19.0 Å². The Morgan fingerprint density at radius 3 is 2.27 bits per heavy atom. The molecule has 3 aromatic rings. The van der Waals surface area contributed by atoms with Gasteiger partial charge in [-0.2, -0.15) is 22.0 Å². The average Bonchev–Trinajstić information content (AvgIpc) is 3.12. The van der Waals surface area contributed by atoms with Crippen molar-refractivity contribution in [3.8, 4) is 0 Å². The number of anilines is 1. The molecular formula is C18H21F3N6O2S. The van der Waals surface area contributed by atoms with E-state index in [1.165, 1.54) is 28.6 Å². The van der Waals surface area contributed by atoms with E-state index in [4.69, 9.17) is 0 Å². The minimum Gasteiger partial charge on any atom is -0.362 e. The molecule has 0 amide bonds. The summed E-state index contributed by atoms with van der Waals surface area (Å²) in [5.74, 6) is -1.01. The van der Waals surface area contributed by atoms with Crippen molar-refractivity contribution in [1.82, 2.24) is 24.1 Å². The van der Waals surface area contributed by atoms with Crippen molar-refractivity contribution in [3.63, 3.8) is 0 Å². The number of aromatic nitrogens is 4. The Balaban J connectivity index is 1.82. The van der Waals surface area contributed by atoms with Gasteiger partial charge in [0.1, 0.15) is 5.82 Å². The van der Waals surface area contributed by atoms with Crippen LogP contribution in [-0.4, -0.2) is 45.6 Å². The summed E-state index contributed by atoms with van der Waals surface area (Å²) < 4.78 is 66.2. The Bertz CT molecular complexity index is 1130. The summed E-state index contributed by atoms with van der Waals surface area (Å²) in [4.78, 5) is 0.181. The van der Waals surface area contributed by atoms with Gasteiger partial charge in [-0.1, -0.05) is 26.0 Å². The maximum absolute atomic E-state index is 13.0. The van der Waals surface area contributed by atoms with Crippen LogP contribution in [0.5, 0.6) is 0 Å². The molecule has 12 heteroatoms. The first kappa shape index (κ1) is 22.0. The number of halogens is 3. The van der Waals surface area contributed by atoms with E-state index in [9.17, 15) is 21.6 Å². The Labute approximate surface area is 171 Å².